The zero-order valence-corrected chi connectivity index (χ0v) is 10.5. The molecule has 1 N–H and O–H groups in total. The van der Waals surface area contributed by atoms with Crippen LogP contribution in [0.5, 0.6) is 0 Å². The lowest BCUT2D eigenvalue weighted by Crippen LogP contribution is -2.47. The highest BCUT2D eigenvalue weighted by molar-refractivity contribution is 5.81. The Kier molecular flexibility index (Phi) is 3.66. The van der Waals surface area contributed by atoms with Gasteiger partial charge in [-0.1, -0.05) is 19.1 Å². The molecule has 1 aliphatic heterocycles. The minimum Gasteiger partial charge on any atom is -0.481 e. The van der Waals surface area contributed by atoms with Gasteiger partial charge in [-0.3, -0.25) is 4.79 Å². The summed E-state index contributed by atoms with van der Waals surface area (Å²) in [7, 11) is 0. The molecule has 0 unspecified atom stereocenters. The van der Waals surface area contributed by atoms with Crippen molar-refractivity contribution >= 4 is 5.97 Å². The summed E-state index contributed by atoms with van der Waals surface area (Å²) in [6.45, 7) is 4.49. The fourth-order valence-corrected chi connectivity index (χ4v) is 2.66. The molecule has 0 amide bonds. The van der Waals surface area contributed by atoms with Gasteiger partial charge < -0.3 is 10.0 Å². The van der Waals surface area contributed by atoms with E-state index in [1.807, 2.05) is 0 Å². The number of piperidine rings is 1. The highest BCUT2D eigenvalue weighted by Gasteiger charge is 2.42. The molecule has 0 aromatic heterocycles. The van der Waals surface area contributed by atoms with Crippen molar-refractivity contribution in [3.63, 3.8) is 0 Å². The van der Waals surface area contributed by atoms with Crippen molar-refractivity contribution in [1.29, 1.82) is 0 Å². The van der Waals surface area contributed by atoms with Crippen molar-refractivity contribution in [2.45, 2.75) is 25.2 Å². The molecule has 3 nitrogen and oxygen atoms in total. The van der Waals surface area contributed by atoms with Crippen molar-refractivity contribution in [2.24, 2.45) is 0 Å². The van der Waals surface area contributed by atoms with E-state index in [1.54, 1.807) is 12.1 Å². The van der Waals surface area contributed by atoms with Gasteiger partial charge in [0.15, 0.2) is 0 Å². The Hall–Kier alpha value is -1.42. The normalized spacial score (nSPS) is 19.7. The molecule has 1 fully saturated rings. The fraction of sp³-hybridized carbons (Fsp3) is 0.500. The molecule has 0 aliphatic carbocycles. The minimum atomic E-state index is -0.923. The van der Waals surface area contributed by atoms with Gasteiger partial charge in [0.05, 0.1) is 5.41 Å². The maximum absolute atomic E-state index is 13.3. The highest BCUT2D eigenvalue weighted by Crippen LogP contribution is 2.36. The van der Waals surface area contributed by atoms with E-state index in [-0.39, 0.29) is 5.82 Å². The van der Waals surface area contributed by atoms with E-state index in [4.69, 9.17) is 0 Å². The van der Waals surface area contributed by atoms with Gasteiger partial charge in [-0.15, -0.1) is 0 Å². The smallest absolute Gasteiger partial charge is 0.314 e. The maximum atomic E-state index is 13.3. The number of halogens is 1. The first kappa shape index (κ1) is 13.0. The number of hydrogen-bond donors (Lipinski definition) is 1. The molecule has 0 radical (unpaired) electrons. The Morgan fingerprint density at radius 3 is 2.61 bits per heavy atom. The molecule has 98 valence electrons. The summed E-state index contributed by atoms with van der Waals surface area (Å²) < 4.78 is 13.3. The molecule has 1 aromatic carbocycles. The lowest BCUT2D eigenvalue weighted by Gasteiger charge is -2.38. The first-order valence-electron chi connectivity index (χ1n) is 6.30. The predicted octanol–water partition coefficient (Wildman–Crippen LogP) is 2.26. The third kappa shape index (κ3) is 2.25. The molecule has 1 heterocycles. The number of aliphatic carboxylic acids is 1. The van der Waals surface area contributed by atoms with Crippen LogP contribution < -0.4 is 0 Å². The Morgan fingerprint density at radius 1 is 1.44 bits per heavy atom. The second-order valence-corrected chi connectivity index (χ2v) is 4.83. The second-order valence-electron chi connectivity index (χ2n) is 4.83. The van der Waals surface area contributed by atoms with Crippen LogP contribution in [-0.4, -0.2) is 35.6 Å². The van der Waals surface area contributed by atoms with Gasteiger partial charge in [-0.25, -0.2) is 4.39 Å². The zero-order chi connectivity index (χ0) is 13.2. The van der Waals surface area contributed by atoms with Crippen molar-refractivity contribution in [1.82, 2.24) is 4.90 Å². The zero-order valence-electron chi connectivity index (χ0n) is 10.5. The Labute approximate surface area is 106 Å². The van der Waals surface area contributed by atoms with Crippen LogP contribution >= 0.6 is 0 Å². The number of likely N-dealkylation sites (tertiary alicyclic amines) is 1. The van der Waals surface area contributed by atoms with Crippen LogP contribution in [0.1, 0.15) is 25.3 Å². The van der Waals surface area contributed by atoms with Crippen molar-refractivity contribution in [3.05, 3.63) is 35.6 Å². The number of nitrogens with zero attached hydrogens (tertiary/aromatic N) is 1. The SMILES string of the molecule is CCN1CCC(C(=O)O)(c2cccc(F)c2)CC1. The van der Waals surface area contributed by atoms with Crippen molar-refractivity contribution in [2.75, 3.05) is 19.6 Å². The molecule has 18 heavy (non-hydrogen) atoms. The number of benzene rings is 1. The van der Waals surface area contributed by atoms with E-state index in [9.17, 15) is 14.3 Å². The van der Waals surface area contributed by atoms with Gasteiger partial charge in [-0.2, -0.15) is 0 Å². The van der Waals surface area contributed by atoms with Gasteiger partial charge >= 0.3 is 5.97 Å². The van der Waals surface area contributed by atoms with Gasteiger partial charge in [-0.05, 0) is 50.2 Å². The van der Waals surface area contributed by atoms with Crippen LogP contribution in [0.3, 0.4) is 0 Å². The van der Waals surface area contributed by atoms with Crippen molar-refractivity contribution in [3.8, 4) is 0 Å². The standard InChI is InChI=1S/C14H18FNO2/c1-2-16-8-6-14(7-9-16,13(17)18)11-4-3-5-12(15)10-11/h3-5,10H,2,6-9H2,1H3,(H,17,18). The molecule has 1 saturated heterocycles. The number of carbonyl (C=O) groups is 1. The topological polar surface area (TPSA) is 40.5 Å². The molecule has 0 bridgehead atoms. The maximum Gasteiger partial charge on any atom is 0.314 e. The van der Waals surface area contributed by atoms with Crippen LogP contribution in [-0.2, 0) is 10.2 Å². The number of carboxylic acids is 1. The summed E-state index contributed by atoms with van der Waals surface area (Å²) in [5, 5.41) is 9.55. The average Bonchev–Trinajstić information content (AvgIpc) is 2.38. The summed E-state index contributed by atoms with van der Waals surface area (Å²) in [4.78, 5) is 13.9. The van der Waals surface area contributed by atoms with Crippen LogP contribution in [0, 0.1) is 5.82 Å². The van der Waals surface area contributed by atoms with Crippen LogP contribution in [0.4, 0.5) is 4.39 Å². The molecule has 4 heteroatoms. The minimum absolute atomic E-state index is 0.369. The molecule has 1 aliphatic rings. The molecular weight excluding hydrogens is 233 g/mol. The van der Waals surface area contributed by atoms with E-state index in [2.05, 4.69) is 11.8 Å². The van der Waals surface area contributed by atoms with Gasteiger partial charge in [0.2, 0.25) is 0 Å². The number of carboxylic acid groups (broad SMARTS) is 1. The monoisotopic (exact) mass is 251 g/mol. The average molecular weight is 251 g/mol. The Bertz CT molecular complexity index is 439. The first-order chi connectivity index (χ1) is 8.58. The molecule has 2 rings (SSSR count). The fourth-order valence-electron chi connectivity index (χ4n) is 2.66. The van der Waals surface area contributed by atoms with E-state index in [0.29, 0.717) is 18.4 Å². The number of hydrogen-bond acceptors (Lipinski definition) is 2. The summed E-state index contributed by atoms with van der Waals surface area (Å²) in [6.07, 6.45) is 1.08. The van der Waals surface area contributed by atoms with E-state index >= 15 is 0 Å². The summed E-state index contributed by atoms with van der Waals surface area (Å²) in [6, 6.07) is 6.01. The summed E-state index contributed by atoms with van der Waals surface area (Å²) in [5.74, 6) is -1.21. The Morgan fingerprint density at radius 2 is 2.11 bits per heavy atom. The van der Waals surface area contributed by atoms with Crippen molar-refractivity contribution < 1.29 is 14.3 Å². The van der Waals surface area contributed by atoms with E-state index in [0.717, 1.165) is 19.6 Å². The van der Waals surface area contributed by atoms with Crippen LogP contribution in [0.25, 0.3) is 0 Å². The van der Waals surface area contributed by atoms with Crippen LogP contribution in [0.15, 0.2) is 24.3 Å². The van der Waals surface area contributed by atoms with E-state index < -0.39 is 11.4 Å². The van der Waals surface area contributed by atoms with Gasteiger partial charge in [0.25, 0.3) is 0 Å². The summed E-state index contributed by atoms with van der Waals surface area (Å²) in [5.41, 5.74) is -0.334. The van der Waals surface area contributed by atoms with E-state index in [1.165, 1.54) is 12.1 Å². The summed E-state index contributed by atoms with van der Waals surface area (Å²) >= 11 is 0. The second kappa shape index (κ2) is 5.06. The highest BCUT2D eigenvalue weighted by atomic mass is 19.1. The molecule has 0 atom stereocenters. The largest absolute Gasteiger partial charge is 0.481 e. The quantitative estimate of drug-likeness (QED) is 0.895. The lowest BCUT2D eigenvalue weighted by molar-refractivity contribution is -0.146. The Balaban J connectivity index is 2.32. The van der Waals surface area contributed by atoms with Gasteiger partial charge in [0, 0.05) is 0 Å². The molecule has 0 saturated carbocycles. The predicted molar refractivity (Wildman–Crippen MR) is 67.1 cm³/mol. The third-order valence-corrected chi connectivity index (χ3v) is 3.94. The third-order valence-electron chi connectivity index (χ3n) is 3.94. The molecular formula is C14H18FNO2. The molecule has 0 spiro atoms. The van der Waals surface area contributed by atoms with Gasteiger partial charge in [0.1, 0.15) is 5.82 Å². The number of rotatable bonds is 3. The first-order valence-corrected chi connectivity index (χ1v) is 6.30. The van der Waals surface area contributed by atoms with Crippen LogP contribution in [0.2, 0.25) is 0 Å². The lowest BCUT2D eigenvalue weighted by atomic mass is 9.73. The molecule has 1 aromatic rings.